The summed E-state index contributed by atoms with van der Waals surface area (Å²) in [4.78, 5) is 0. The number of ether oxygens (including phenoxy) is 1. The van der Waals surface area contributed by atoms with E-state index >= 15 is 0 Å². The number of aromatic nitrogens is 2. The Labute approximate surface area is 154 Å². The normalized spacial score (nSPS) is 10.6. The zero-order chi connectivity index (χ0) is 17.5. The number of anilines is 2. The molecule has 3 rings (SSSR count). The Balaban J connectivity index is 1.44. The van der Waals surface area contributed by atoms with Crippen molar-refractivity contribution in [1.82, 2.24) is 10.2 Å². The number of hydrogen-bond acceptors (Lipinski definition) is 6. The lowest BCUT2D eigenvalue weighted by molar-refractivity contribution is 0.343. The molecule has 0 spiro atoms. The highest BCUT2D eigenvalue weighted by molar-refractivity contribution is 8.01. The van der Waals surface area contributed by atoms with E-state index in [9.17, 15) is 4.39 Å². The summed E-state index contributed by atoms with van der Waals surface area (Å²) in [6.45, 7) is 2.66. The van der Waals surface area contributed by atoms with Crippen molar-refractivity contribution >= 4 is 33.9 Å². The first-order valence-corrected chi connectivity index (χ1v) is 9.74. The van der Waals surface area contributed by atoms with Crippen molar-refractivity contribution in [2.75, 3.05) is 17.7 Å². The van der Waals surface area contributed by atoms with Crippen LogP contribution in [0.3, 0.4) is 0 Å². The summed E-state index contributed by atoms with van der Waals surface area (Å²) < 4.78 is 19.3. The van der Waals surface area contributed by atoms with Crippen molar-refractivity contribution in [3.63, 3.8) is 0 Å². The first-order chi connectivity index (χ1) is 12.2. The molecule has 0 aliphatic carbocycles. The van der Waals surface area contributed by atoms with Crippen LogP contribution in [0.4, 0.5) is 15.2 Å². The van der Waals surface area contributed by atoms with E-state index in [0.717, 1.165) is 27.3 Å². The molecular weight excluding hydrogens is 357 g/mol. The summed E-state index contributed by atoms with van der Waals surface area (Å²) in [5.41, 5.74) is 2.31. The topological polar surface area (TPSA) is 47.0 Å². The fourth-order valence-electron chi connectivity index (χ4n) is 2.09. The number of benzene rings is 2. The van der Waals surface area contributed by atoms with Gasteiger partial charge in [0.15, 0.2) is 4.34 Å². The van der Waals surface area contributed by atoms with E-state index in [4.69, 9.17) is 4.74 Å². The van der Waals surface area contributed by atoms with Gasteiger partial charge in [0.25, 0.3) is 0 Å². The molecule has 0 radical (unpaired) electrons. The van der Waals surface area contributed by atoms with Crippen molar-refractivity contribution in [3.8, 4) is 5.75 Å². The van der Waals surface area contributed by atoms with E-state index in [1.54, 1.807) is 23.9 Å². The van der Waals surface area contributed by atoms with Crippen molar-refractivity contribution in [2.45, 2.75) is 17.7 Å². The van der Waals surface area contributed by atoms with Gasteiger partial charge in [0.2, 0.25) is 5.13 Å². The zero-order valence-corrected chi connectivity index (χ0v) is 15.4. The van der Waals surface area contributed by atoms with E-state index in [-0.39, 0.29) is 5.82 Å². The number of hydrogen-bond donors (Lipinski definition) is 1. The van der Waals surface area contributed by atoms with E-state index in [1.807, 2.05) is 12.1 Å². The highest BCUT2D eigenvalue weighted by Crippen LogP contribution is 2.27. The maximum atomic E-state index is 12.8. The molecule has 1 N–H and O–H groups in total. The predicted molar refractivity (Wildman–Crippen MR) is 102 cm³/mol. The fraction of sp³-hybridized carbons (Fsp3) is 0.222. The molecule has 0 atom stereocenters. The lowest BCUT2D eigenvalue weighted by Crippen LogP contribution is -1.99. The number of rotatable bonds is 8. The molecule has 0 amide bonds. The van der Waals surface area contributed by atoms with Gasteiger partial charge >= 0.3 is 0 Å². The molecule has 1 aromatic heterocycles. The number of halogens is 1. The summed E-state index contributed by atoms with van der Waals surface area (Å²) in [7, 11) is 0. The molecule has 0 unspecified atom stereocenters. The molecule has 0 saturated heterocycles. The Kier molecular flexibility index (Phi) is 6.25. The molecule has 0 bridgehead atoms. The lowest BCUT2D eigenvalue weighted by atomic mass is 10.1. The first kappa shape index (κ1) is 17.7. The second kappa shape index (κ2) is 8.82. The Morgan fingerprint density at radius 2 is 1.84 bits per heavy atom. The van der Waals surface area contributed by atoms with Crippen LogP contribution in [0.5, 0.6) is 5.75 Å². The molecule has 0 saturated carbocycles. The minimum Gasteiger partial charge on any atom is -0.493 e. The molecule has 0 aliphatic heterocycles. The Morgan fingerprint density at radius 3 is 2.56 bits per heavy atom. The third-order valence-corrected chi connectivity index (χ3v) is 5.35. The zero-order valence-electron chi connectivity index (χ0n) is 13.7. The van der Waals surface area contributed by atoms with Crippen molar-refractivity contribution < 1.29 is 9.13 Å². The quantitative estimate of drug-likeness (QED) is 0.435. The molecule has 2 aromatic carbocycles. The molecule has 130 valence electrons. The van der Waals surface area contributed by atoms with E-state index < -0.39 is 0 Å². The number of nitrogens with one attached hydrogen (secondary N) is 1. The monoisotopic (exact) mass is 375 g/mol. The van der Waals surface area contributed by atoms with Crippen LogP contribution in [0.2, 0.25) is 0 Å². The maximum Gasteiger partial charge on any atom is 0.210 e. The van der Waals surface area contributed by atoms with Gasteiger partial charge < -0.3 is 10.1 Å². The highest BCUT2D eigenvalue weighted by Gasteiger charge is 2.05. The van der Waals surface area contributed by atoms with Gasteiger partial charge in [-0.3, -0.25) is 0 Å². The molecule has 0 fully saturated rings. The van der Waals surface area contributed by atoms with Crippen LogP contribution >= 0.6 is 23.1 Å². The van der Waals surface area contributed by atoms with Crippen LogP contribution in [0, 0.1) is 5.82 Å². The highest BCUT2D eigenvalue weighted by atomic mass is 32.2. The second-order valence-corrected chi connectivity index (χ2v) is 7.52. The van der Waals surface area contributed by atoms with Gasteiger partial charge in [-0.05, 0) is 48.4 Å². The van der Waals surface area contributed by atoms with Gasteiger partial charge in [0.1, 0.15) is 11.6 Å². The second-order valence-electron chi connectivity index (χ2n) is 5.20. The summed E-state index contributed by atoms with van der Waals surface area (Å²) in [6, 6.07) is 14.3. The van der Waals surface area contributed by atoms with Crippen LogP contribution in [0.15, 0.2) is 52.9 Å². The molecule has 3 aromatic rings. The smallest absolute Gasteiger partial charge is 0.210 e. The van der Waals surface area contributed by atoms with Gasteiger partial charge in [0, 0.05) is 11.4 Å². The van der Waals surface area contributed by atoms with Gasteiger partial charge in [-0.15, -0.1) is 10.2 Å². The van der Waals surface area contributed by atoms with Crippen LogP contribution in [-0.2, 0) is 6.42 Å². The minimum absolute atomic E-state index is 0.264. The van der Waals surface area contributed by atoms with Gasteiger partial charge in [-0.2, -0.15) is 0 Å². The first-order valence-electron chi connectivity index (χ1n) is 7.93. The molecule has 0 aliphatic rings. The minimum atomic E-state index is -0.264. The van der Waals surface area contributed by atoms with Crippen molar-refractivity contribution in [3.05, 3.63) is 59.9 Å². The Hall–Kier alpha value is -2.12. The van der Waals surface area contributed by atoms with Gasteiger partial charge in [0.05, 0.1) is 6.61 Å². The SMILES string of the molecule is CCc1ccc(Nc2nnc(SCCOc3ccc(F)cc3)s2)cc1. The third kappa shape index (κ3) is 5.44. The van der Waals surface area contributed by atoms with Crippen molar-refractivity contribution in [1.29, 1.82) is 0 Å². The number of thioether (sulfide) groups is 1. The summed E-state index contributed by atoms with van der Waals surface area (Å²) in [5, 5.41) is 12.4. The standard InChI is InChI=1S/C18H18FN3OS2/c1-2-13-3-7-15(8-4-13)20-17-21-22-18(25-17)24-12-11-23-16-9-5-14(19)6-10-16/h3-10H,2,11-12H2,1H3,(H,20,21). The fourth-order valence-corrected chi connectivity index (χ4v) is 3.75. The Bertz CT molecular complexity index is 791. The predicted octanol–water partition coefficient (Wildman–Crippen LogP) is 5.15. The van der Waals surface area contributed by atoms with Crippen LogP contribution in [-0.4, -0.2) is 22.6 Å². The summed E-state index contributed by atoms with van der Waals surface area (Å²) >= 11 is 3.10. The maximum absolute atomic E-state index is 12.8. The van der Waals surface area contributed by atoms with Crippen LogP contribution in [0.25, 0.3) is 0 Å². The average Bonchev–Trinajstić information content (AvgIpc) is 3.08. The van der Waals surface area contributed by atoms with Crippen molar-refractivity contribution in [2.24, 2.45) is 0 Å². The molecule has 1 heterocycles. The summed E-state index contributed by atoms with van der Waals surface area (Å²) in [5.74, 6) is 1.15. The van der Waals surface area contributed by atoms with E-state index in [0.29, 0.717) is 12.4 Å². The average molecular weight is 375 g/mol. The number of nitrogens with zero attached hydrogens (tertiary/aromatic N) is 2. The van der Waals surface area contributed by atoms with E-state index in [2.05, 4.69) is 34.6 Å². The van der Waals surface area contributed by atoms with E-state index in [1.165, 1.54) is 29.0 Å². The molecule has 4 nitrogen and oxygen atoms in total. The van der Waals surface area contributed by atoms with Crippen LogP contribution < -0.4 is 10.1 Å². The lowest BCUT2D eigenvalue weighted by Gasteiger charge is -2.04. The third-order valence-electron chi connectivity index (χ3n) is 3.41. The summed E-state index contributed by atoms with van der Waals surface area (Å²) in [6.07, 6.45) is 1.03. The largest absolute Gasteiger partial charge is 0.493 e. The molecule has 25 heavy (non-hydrogen) atoms. The number of aryl methyl sites for hydroxylation is 1. The molecule has 7 heteroatoms. The van der Waals surface area contributed by atoms with Crippen LogP contribution in [0.1, 0.15) is 12.5 Å². The molecular formula is C18H18FN3OS2. The Morgan fingerprint density at radius 1 is 1.08 bits per heavy atom. The van der Waals surface area contributed by atoms with Gasteiger partial charge in [-0.1, -0.05) is 42.2 Å². The van der Waals surface area contributed by atoms with Gasteiger partial charge in [-0.25, -0.2) is 4.39 Å².